The van der Waals surface area contributed by atoms with Gasteiger partial charge in [-0.1, -0.05) is 11.6 Å². The van der Waals surface area contributed by atoms with E-state index in [4.69, 9.17) is 16.3 Å². The zero-order valence-electron chi connectivity index (χ0n) is 9.46. The number of hydrogen-bond acceptors (Lipinski definition) is 1. The van der Waals surface area contributed by atoms with Gasteiger partial charge < -0.3 is 4.74 Å². The molecule has 0 amide bonds. The van der Waals surface area contributed by atoms with Gasteiger partial charge in [0, 0.05) is 18.4 Å². The second-order valence-corrected chi connectivity index (χ2v) is 5.34. The van der Waals surface area contributed by atoms with Gasteiger partial charge in [0.25, 0.3) is 0 Å². The molecule has 2 atom stereocenters. The van der Waals surface area contributed by atoms with E-state index in [2.05, 4.69) is 6.08 Å². The van der Waals surface area contributed by atoms with Gasteiger partial charge in [-0.2, -0.15) is 0 Å². The molecule has 2 aliphatic rings. The summed E-state index contributed by atoms with van der Waals surface area (Å²) in [5, 5.41) is 0.186. The molecule has 3 rings (SSSR count). The van der Waals surface area contributed by atoms with Crippen LogP contribution in [-0.2, 0) is 6.42 Å². The number of allylic oxidation sites excluding steroid dienone is 1. The molecule has 0 fully saturated rings. The Hall–Kier alpha value is -1.02. The minimum atomic E-state index is -0.186. The van der Waals surface area contributed by atoms with E-state index in [1.165, 1.54) is 11.6 Å². The van der Waals surface area contributed by atoms with Crippen LogP contribution in [0.3, 0.4) is 0 Å². The molecule has 17 heavy (non-hydrogen) atoms. The molecule has 0 bridgehead atoms. The third-order valence-electron chi connectivity index (χ3n) is 3.41. The molecule has 0 N–H and O–H groups in total. The van der Waals surface area contributed by atoms with Gasteiger partial charge in [-0.3, -0.25) is 0 Å². The Bertz CT molecular complexity index is 469. The standard InChI is InChI=1S/C14H14ClFO/c15-11-2-1-9(5-11)6-13-8-10-7-12(16)3-4-14(10)17-13/h3-5,7,11,13H,1-2,6,8H2. The van der Waals surface area contributed by atoms with Gasteiger partial charge in [-0.15, -0.1) is 11.6 Å². The quantitative estimate of drug-likeness (QED) is 0.574. The lowest BCUT2D eigenvalue weighted by molar-refractivity contribution is 0.232. The first-order valence-corrected chi connectivity index (χ1v) is 6.43. The van der Waals surface area contributed by atoms with Crippen molar-refractivity contribution in [2.75, 3.05) is 0 Å². The van der Waals surface area contributed by atoms with E-state index in [9.17, 15) is 4.39 Å². The lowest BCUT2D eigenvalue weighted by Gasteiger charge is -2.10. The van der Waals surface area contributed by atoms with Crippen LogP contribution in [-0.4, -0.2) is 11.5 Å². The van der Waals surface area contributed by atoms with E-state index in [1.54, 1.807) is 12.1 Å². The SMILES string of the molecule is Fc1ccc2c(c1)CC(CC1=CC(Cl)CC1)O2. The topological polar surface area (TPSA) is 9.23 Å². The lowest BCUT2D eigenvalue weighted by Crippen LogP contribution is -2.13. The average Bonchev–Trinajstić information content (AvgIpc) is 2.84. The highest BCUT2D eigenvalue weighted by Crippen LogP contribution is 2.34. The first kappa shape index (κ1) is 11.1. The van der Waals surface area contributed by atoms with Gasteiger partial charge >= 0.3 is 0 Å². The molecule has 0 aromatic heterocycles. The number of halogens is 2. The highest BCUT2D eigenvalue weighted by Gasteiger charge is 2.25. The Morgan fingerprint density at radius 1 is 1.41 bits per heavy atom. The molecular formula is C14H14ClFO. The zero-order valence-corrected chi connectivity index (χ0v) is 10.2. The van der Waals surface area contributed by atoms with Crippen molar-refractivity contribution < 1.29 is 9.13 Å². The highest BCUT2D eigenvalue weighted by atomic mass is 35.5. The van der Waals surface area contributed by atoms with E-state index < -0.39 is 0 Å². The second-order valence-electron chi connectivity index (χ2n) is 4.78. The summed E-state index contributed by atoms with van der Waals surface area (Å²) in [5.74, 6) is 0.645. The van der Waals surface area contributed by atoms with Crippen LogP contribution < -0.4 is 4.74 Å². The molecule has 0 radical (unpaired) electrons. The molecule has 1 aromatic carbocycles. The Balaban J connectivity index is 1.68. The summed E-state index contributed by atoms with van der Waals surface area (Å²) in [6.07, 6.45) is 6.11. The van der Waals surface area contributed by atoms with Gasteiger partial charge in [0.2, 0.25) is 0 Å². The number of alkyl halides is 1. The van der Waals surface area contributed by atoms with Crippen molar-refractivity contribution in [2.24, 2.45) is 0 Å². The molecule has 0 spiro atoms. The van der Waals surface area contributed by atoms with Crippen molar-refractivity contribution >= 4 is 11.6 Å². The molecular weight excluding hydrogens is 239 g/mol. The Morgan fingerprint density at radius 2 is 2.29 bits per heavy atom. The Labute approximate surface area is 105 Å². The van der Waals surface area contributed by atoms with Gasteiger partial charge in [0.15, 0.2) is 0 Å². The van der Waals surface area contributed by atoms with Crippen LogP contribution in [0, 0.1) is 5.82 Å². The molecule has 1 aliphatic heterocycles. The first-order valence-electron chi connectivity index (χ1n) is 5.99. The third kappa shape index (κ3) is 2.32. The summed E-state index contributed by atoms with van der Waals surface area (Å²) in [6.45, 7) is 0. The first-order chi connectivity index (χ1) is 8.20. The van der Waals surface area contributed by atoms with E-state index in [0.29, 0.717) is 0 Å². The fraction of sp³-hybridized carbons (Fsp3) is 0.429. The van der Waals surface area contributed by atoms with Crippen LogP contribution in [0.4, 0.5) is 4.39 Å². The molecule has 2 unspecified atom stereocenters. The van der Waals surface area contributed by atoms with Gasteiger partial charge in [-0.25, -0.2) is 4.39 Å². The van der Waals surface area contributed by atoms with Crippen LogP contribution in [0.15, 0.2) is 29.8 Å². The van der Waals surface area contributed by atoms with E-state index in [0.717, 1.165) is 37.0 Å². The van der Waals surface area contributed by atoms with E-state index in [-0.39, 0.29) is 17.3 Å². The second kappa shape index (κ2) is 4.34. The minimum absolute atomic E-state index is 0.153. The van der Waals surface area contributed by atoms with Crippen LogP contribution in [0.2, 0.25) is 0 Å². The number of fused-ring (bicyclic) bond motifs is 1. The monoisotopic (exact) mass is 252 g/mol. The zero-order chi connectivity index (χ0) is 11.8. The summed E-state index contributed by atoms with van der Waals surface area (Å²) in [6, 6.07) is 4.74. The average molecular weight is 253 g/mol. The van der Waals surface area contributed by atoms with Crippen LogP contribution in [0.5, 0.6) is 5.75 Å². The Kier molecular flexibility index (Phi) is 2.83. The smallest absolute Gasteiger partial charge is 0.123 e. The maximum absolute atomic E-state index is 13.1. The number of ether oxygens (including phenoxy) is 1. The molecule has 3 heteroatoms. The maximum atomic E-state index is 13.1. The third-order valence-corrected chi connectivity index (χ3v) is 3.76. The van der Waals surface area contributed by atoms with Gasteiger partial charge in [0.1, 0.15) is 17.7 Å². The largest absolute Gasteiger partial charge is 0.489 e. The summed E-state index contributed by atoms with van der Waals surface area (Å²) in [5.41, 5.74) is 2.36. The fourth-order valence-electron chi connectivity index (χ4n) is 2.61. The molecule has 1 aliphatic carbocycles. The predicted octanol–water partition coefficient (Wildman–Crippen LogP) is 3.85. The van der Waals surface area contributed by atoms with Crippen molar-refractivity contribution in [3.8, 4) is 5.75 Å². The van der Waals surface area contributed by atoms with E-state index in [1.807, 2.05) is 0 Å². The molecule has 0 saturated carbocycles. The Morgan fingerprint density at radius 3 is 3.06 bits per heavy atom. The summed E-state index contributed by atoms with van der Waals surface area (Å²) < 4.78 is 18.9. The molecule has 90 valence electrons. The van der Waals surface area contributed by atoms with Crippen molar-refractivity contribution in [3.05, 3.63) is 41.2 Å². The molecule has 1 heterocycles. The number of rotatable bonds is 2. The number of benzene rings is 1. The lowest BCUT2D eigenvalue weighted by atomic mass is 10.0. The minimum Gasteiger partial charge on any atom is -0.489 e. The summed E-state index contributed by atoms with van der Waals surface area (Å²) in [7, 11) is 0. The molecule has 0 saturated heterocycles. The fourth-order valence-corrected chi connectivity index (χ4v) is 2.90. The maximum Gasteiger partial charge on any atom is 0.123 e. The molecule has 1 nitrogen and oxygen atoms in total. The predicted molar refractivity (Wildman–Crippen MR) is 66.1 cm³/mol. The summed E-state index contributed by atoms with van der Waals surface area (Å²) >= 11 is 6.04. The van der Waals surface area contributed by atoms with Crippen LogP contribution >= 0.6 is 11.6 Å². The van der Waals surface area contributed by atoms with E-state index >= 15 is 0 Å². The van der Waals surface area contributed by atoms with Crippen LogP contribution in [0.25, 0.3) is 0 Å². The van der Waals surface area contributed by atoms with Gasteiger partial charge in [0.05, 0.1) is 5.38 Å². The highest BCUT2D eigenvalue weighted by molar-refractivity contribution is 6.22. The van der Waals surface area contributed by atoms with Crippen LogP contribution in [0.1, 0.15) is 24.8 Å². The molecule has 1 aromatic rings. The van der Waals surface area contributed by atoms with Crippen molar-refractivity contribution in [1.82, 2.24) is 0 Å². The number of hydrogen-bond donors (Lipinski definition) is 0. The summed E-state index contributed by atoms with van der Waals surface area (Å²) in [4.78, 5) is 0. The van der Waals surface area contributed by atoms with Crippen molar-refractivity contribution in [1.29, 1.82) is 0 Å². The van der Waals surface area contributed by atoms with Crippen molar-refractivity contribution in [2.45, 2.75) is 37.2 Å². The normalized spacial score (nSPS) is 26.6. The van der Waals surface area contributed by atoms with Gasteiger partial charge in [-0.05, 0) is 31.0 Å². The van der Waals surface area contributed by atoms with Crippen molar-refractivity contribution in [3.63, 3.8) is 0 Å².